The first-order valence-corrected chi connectivity index (χ1v) is 9.36. The van der Waals surface area contributed by atoms with Crippen LogP contribution in [0, 0.1) is 29.1 Å². The summed E-state index contributed by atoms with van der Waals surface area (Å²) < 4.78 is 0. The number of halogens is 1. The first kappa shape index (κ1) is 23.5. The fraction of sp³-hybridized carbons (Fsp3) is 0.409. The minimum absolute atomic E-state index is 0.0731. The van der Waals surface area contributed by atoms with Crippen LogP contribution in [-0.2, 0) is 0 Å². The van der Waals surface area contributed by atoms with Gasteiger partial charge in [-0.25, -0.2) is 9.97 Å². The highest BCUT2D eigenvalue weighted by Crippen LogP contribution is 2.63. The van der Waals surface area contributed by atoms with Crippen LogP contribution < -0.4 is 5.73 Å². The fourth-order valence-corrected chi connectivity index (χ4v) is 4.57. The number of aryl methyl sites for hydroxylation is 1. The van der Waals surface area contributed by atoms with E-state index in [9.17, 15) is 0 Å². The average molecular weight is 401 g/mol. The lowest BCUT2D eigenvalue weighted by Crippen LogP contribution is -2.48. The van der Waals surface area contributed by atoms with Gasteiger partial charge in [0.2, 0.25) is 0 Å². The highest BCUT2D eigenvalue weighted by molar-refractivity contribution is 6.31. The Kier molecular flexibility index (Phi) is 8.01. The van der Waals surface area contributed by atoms with Gasteiger partial charge < -0.3 is 10.8 Å². The molecule has 1 heterocycles. The van der Waals surface area contributed by atoms with Crippen molar-refractivity contribution in [3.05, 3.63) is 65.3 Å². The normalized spacial score (nSPS) is 16.2. The molecular weight excluding hydrogens is 372 g/mol. The van der Waals surface area contributed by atoms with Crippen molar-refractivity contribution < 1.29 is 5.11 Å². The van der Waals surface area contributed by atoms with Crippen molar-refractivity contribution in [2.24, 2.45) is 16.6 Å². The van der Waals surface area contributed by atoms with E-state index in [0.717, 1.165) is 5.82 Å². The molecule has 150 valence electrons. The van der Waals surface area contributed by atoms with E-state index in [-0.39, 0.29) is 10.8 Å². The molecule has 3 rings (SSSR count). The molecule has 1 saturated carbocycles. The van der Waals surface area contributed by atoms with E-state index >= 15 is 0 Å². The topological polar surface area (TPSA) is 95.8 Å². The summed E-state index contributed by atoms with van der Waals surface area (Å²) in [4.78, 5) is 8.60. The van der Waals surface area contributed by atoms with Gasteiger partial charge in [0.25, 0.3) is 0 Å². The van der Waals surface area contributed by atoms with Gasteiger partial charge in [0, 0.05) is 12.4 Å². The zero-order chi connectivity index (χ0) is 21.5. The number of rotatable bonds is 1. The molecule has 1 aliphatic carbocycles. The summed E-state index contributed by atoms with van der Waals surface area (Å²) in [6.07, 6.45) is 6.52. The third-order valence-corrected chi connectivity index (χ3v) is 4.99. The summed E-state index contributed by atoms with van der Waals surface area (Å²) in [7, 11) is 0. The summed E-state index contributed by atoms with van der Waals surface area (Å²) in [6, 6.07) is 6.10. The van der Waals surface area contributed by atoms with Gasteiger partial charge in [-0.2, -0.15) is 5.26 Å². The van der Waals surface area contributed by atoms with Crippen LogP contribution in [0.15, 0.2) is 43.4 Å². The van der Waals surface area contributed by atoms with Gasteiger partial charge >= 0.3 is 0 Å². The van der Waals surface area contributed by atoms with Gasteiger partial charge in [0.1, 0.15) is 17.6 Å². The van der Waals surface area contributed by atoms with Crippen LogP contribution in [0.5, 0.6) is 5.75 Å². The molecule has 0 aliphatic heterocycles. The molecular formula is C22H29ClN4O. The smallest absolute Gasteiger partial charge is 0.125 e. The molecule has 28 heavy (non-hydrogen) atoms. The lowest BCUT2D eigenvalue weighted by Gasteiger charge is -2.58. The first-order valence-electron chi connectivity index (χ1n) is 8.98. The Hall–Kier alpha value is -2.58. The summed E-state index contributed by atoms with van der Waals surface area (Å²) in [5.74, 6) is 1.52. The number of aromatic nitrogens is 2. The average Bonchev–Trinajstić information content (AvgIpc) is 2.57. The number of aromatic hydroxyl groups is 1. The number of phenols is 1. The number of nitrogens with two attached hydrogens (primary N) is 1. The Bertz CT molecular complexity index is 825. The summed E-state index contributed by atoms with van der Waals surface area (Å²) >= 11 is 5.55. The second kappa shape index (κ2) is 9.57. The van der Waals surface area contributed by atoms with Crippen LogP contribution in [0.25, 0.3) is 0 Å². The largest absolute Gasteiger partial charge is 0.508 e. The fourth-order valence-electron chi connectivity index (χ4n) is 4.35. The third kappa shape index (κ3) is 5.97. The van der Waals surface area contributed by atoms with Gasteiger partial charge in [0.15, 0.2) is 0 Å². The van der Waals surface area contributed by atoms with Crippen molar-refractivity contribution in [1.29, 1.82) is 5.26 Å². The molecule has 0 amide bonds. The van der Waals surface area contributed by atoms with Gasteiger partial charge in [-0.1, -0.05) is 45.9 Å². The van der Waals surface area contributed by atoms with Crippen LogP contribution in [0.3, 0.4) is 0 Å². The monoisotopic (exact) mass is 400 g/mol. The van der Waals surface area contributed by atoms with E-state index in [1.54, 1.807) is 0 Å². The zero-order valence-corrected chi connectivity index (χ0v) is 18.0. The SMILES string of the molecule is C=CN.Cc1ncc(C2C(C)(C)CC2(C)C)cn1.N#Cc1ccc(O)cc1Cl. The highest BCUT2D eigenvalue weighted by Gasteiger charge is 2.53. The van der Waals surface area contributed by atoms with Crippen molar-refractivity contribution in [3.8, 4) is 11.8 Å². The molecule has 1 aromatic carbocycles. The maximum atomic E-state index is 8.84. The quantitative estimate of drug-likeness (QED) is 0.674. The predicted molar refractivity (Wildman–Crippen MR) is 114 cm³/mol. The highest BCUT2D eigenvalue weighted by atomic mass is 35.5. The molecule has 1 aliphatic rings. The van der Waals surface area contributed by atoms with Crippen molar-refractivity contribution in [2.45, 2.75) is 47.0 Å². The van der Waals surface area contributed by atoms with E-state index in [1.165, 1.54) is 36.4 Å². The maximum Gasteiger partial charge on any atom is 0.125 e. The summed E-state index contributed by atoms with van der Waals surface area (Å²) in [5, 5.41) is 17.5. The standard InChI is InChI=1S/C13H20N2.C7H4ClNO.C2H5N/c1-9-14-6-10(7-15-9)11-12(2,3)8-13(11,4)5;8-7-3-6(10)2-1-5(7)4-9;1-2-3/h6-7,11H,8H2,1-5H3;1-3,10H;2H,1,3H2. The zero-order valence-electron chi connectivity index (χ0n) is 17.2. The van der Waals surface area contributed by atoms with Crippen LogP contribution in [-0.4, -0.2) is 15.1 Å². The lowest BCUT2D eigenvalue weighted by molar-refractivity contribution is -0.0233. The van der Waals surface area contributed by atoms with Crippen LogP contribution in [0.2, 0.25) is 5.02 Å². The minimum atomic E-state index is 0.0731. The van der Waals surface area contributed by atoms with E-state index in [0.29, 0.717) is 22.3 Å². The van der Waals surface area contributed by atoms with Gasteiger partial charge in [0.05, 0.1) is 10.6 Å². The number of hydrogen-bond donors (Lipinski definition) is 2. The minimum Gasteiger partial charge on any atom is -0.508 e. The first-order chi connectivity index (χ1) is 13.0. The molecule has 5 nitrogen and oxygen atoms in total. The Morgan fingerprint density at radius 2 is 1.75 bits per heavy atom. The maximum absolute atomic E-state index is 8.84. The second-order valence-corrected chi connectivity index (χ2v) is 8.57. The molecule has 2 aromatic rings. The molecule has 3 N–H and O–H groups in total. The number of benzene rings is 1. The molecule has 0 atom stereocenters. The van der Waals surface area contributed by atoms with Gasteiger partial charge in [-0.15, -0.1) is 0 Å². The van der Waals surface area contributed by atoms with Crippen LogP contribution in [0.1, 0.15) is 57.0 Å². The van der Waals surface area contributed by atoms with E-state index in [4.69, 9.17) is 22.0 Å². The molecule has 6 heteroatoms. The third-order valence-electron chi connectivity index (χ3n) is 4.68. The Morgan fingerprint density at radius 3 is 2.14 bits per heavy atom. The van der Waals surface area contributed by atoms with Crippen molar-refractivity contribution >= 4 is 11.6 Å². The Balaban J connectivity index is 0.000000261. The van der Waals surface area contributed by atoms with E-state index in [1.807, 2.05) is 25.4 Å². The molecule has 1 fully saturated rings. The Labute approximate surface area is 172 Å². The summed E-state index contributed by atoms with van der Waals surface area (Å²) in [5.41, 5.74) is 7.06. The molecule has 1 aromatic heterocycles. The van der Waals surface area contributed by atoms with Crippen LogP contribution in [0.4, 0.5) is 0 Å². The van der Waals surface area contributed by atoms with E-state index < -0.39 is 0 Å². The number of nitrogens with zero attached hydrogens (tertiary/aromatic N) is 3. The molecule has 0 radical (unpaired) electrons. The van der Waals surface area contributed by atoms with Gasteiger partial charge in [-0.3, -0.25) is 0 Å². The lowest BCUT2D eigenvalue weighted by atomic mass is 9.46. The van der Waals surface area contributed by atoms with Crippen molar-refractivity contribution in [3.63, 3.8) is 0 Å². The second-order valence-electron chi connectivity index (χ2n) is 8.16. The molecule has 0 spiro atoms. The number of nitriles is 1. The number of phenolic OH excluding ortho intramolecular Hbond substituents is 1. The van der Waals surface area contributed by atoms with E-state index in [2.05, 4.69) is 50.0 Å². The predicted octanol–water partition coefficient (Wildman–Crippen LogP) is 5.33. The molecule has 0 unspecified atom stereocenters. The molecule has 0 bridgehead atoms. The summed E-state index contributed by atoms with van der Waals surface area (Å²) in [6.45, 7) is 14.4. The van der Waals surface area contributed by atoms with Crippen LogP contribution >= 0.6 is 11.6 Å². The van der Waals surface area contributed by atoms with Gasteiger partial charge in [-0.05, 0) is 60.1 Å². The number of hydrogen-bond acceptors (Lipinski definition) is 5. The molecule has 0 saturated heterocycles. The van der Waals surface area contributed by atoms with Crippen molar-refractivity contribution in [2.75, 3.05) is 0 Å². The Morgan fingerprint density at radius 1 is 1.25 bits per heavy atom. The van der Waals surface area contributed by atoms with Crippen molar-refractivity contribution in [1.82, 2.24) is 9.97 Å².